The maximum Gasteiger partial charge on any atom is 0.159 e. The fourth-order valence-electron chi connectivity index (χ4n) is 3.63. The average Bonchev–Trinajstić information content (AvgIpc) is 3.20. The maximum absolute atomic E-state index is 13.0. The minimum absolute atomic E-state index is 0.179. The van der Waals surface area contributed by atoms with E-state index in [4.69, 9.17) is 4.98 Å². The second kappa shape index (κ2) is 6.32. The predicted molar refractivity (Wildman–Crippen MR) is 92.2 cm³/mol. The first-order chi connectivity index (χ1) is 11.7. The molecule has 2 aromatic heterocycles. The Balaban J connectivity index is 1.53. The Morgan fingerprint density at radius 3 is 2.83 bits per heavy atom. The summed E-state index contributed by atoms with van der Waals surface area (Å²) in [6.45, 7) is 5.92. The lowest BCUT2D eigenvalue weighted by atomic mass is 10.1. The van der Waals surface area contributed by atoms with Crippen molar-refractivity contribution in [2.75, 3.05) is 13.1 Å². The average molecular weight is 324 g/mol. The molecule has 0 spiro atoms. The van der Waals surface area contributed by atoms with Crippen molar-refractivity contribution in [1.82, 2.24) is 19.4 Å². The van der Waals surface area contributed by atoms with Crippen molar-refractivity contribution in [2.24, 2.45) is 0 Å². The molecule has 0 unspecified atom stereocenters. The highest BCUT2D eigenvalue weighted by atomic mass is 19.1. The van der Waals surface area contributed by atoms with E-state index in [2.05, 4.69) is 21.4 Å². The van der Waals surface area contributed by atoms with Crippen LogP contribution in [-0.4, -0.2) is 32.5 Å². The Morgan fingerprint density at radius 2 is 2.04 bits per heavy atom. The van der Waals surface area contributed by atoms with E-state index in [0.29, 0.717) is 5.92 Å². The van der Waals surface area contributed by atoms with Gasteiger partial charge in [-0.2, -0.15) is 0 Å². The third kappa shape index (κ3) is 2.80. The van der Waals surface area contributed by atoms with E-state index in [-0.39, 0.29) is 5.82 Å². The quantitative estimate of drug-likeness (QED) is 0.735. The number of nitrogens with zero attached hydrogens (tertiary/aromatic N) is 4. The minimum Gasteiger partial charge on any atom is -0.313 e. The topological polar surface area (TPSA) is 34.0 Å². The van der Waals surface area contributed by atoms with E-state index in [1.165, 1.54) is 12.1 Å². The second-order valence-corrected chi connectivity index (χ2v) is 6.41. The fraction of sp³-hybridized carbons (Fsp3) is 0.368. The van der Waals surface area contributed by atoms with Crippen LogP contribution in [0.25, 0.3) is 11.2 Å². The van der Waals surface area contributed by atoms with Crippen LogP contribution in [0, 0.1) is 5.82 Å². The first-order valence-corrected chi connectivity index (χ1v) is 8.52. The lowest BCUT2D eigenvalue weighted by molar-refractivity contribution is 0.325. The van der Waals surface area contributed by atoms with Crippen molar-refractivity contribution in [1.29, 1.82) is 0 Å². The van der Waals surface area contributed by atoms with Gasteiger partial charge in [-0.3, -0.25) is 4.90 Å². The molecule has 0 saturated carbocycles. The van der Waals surface area contributed by atoms with Gasteiger partial charge >= 0.3 is 0 Å². The standard InChI is InChI=1S/C19H21FN4/c1-2-24-18(22-17-4-3-10-21-19(17)24)15-9-11-23(13-15)12-14-5-7-16(20)8-6-14/h3-8,10,15H,2,9,11-13H2,1H3/t15-/m0/s1. The molecule has 0 aliphatic carbocycles. The summed E-state index contributed by atoms with van der Waals surface area (Å²) in [4.78, 5) is 11.8. The second-order valence-electron chi connectivity index (χ2n) is 6.41. The molecule has 0 bridgehead atoms. The molecule has 124 valence electrons. The van der Waals surface area contributed by atoms with Crippen molar-refractivity contribution < 1.29 is 4.39 Å². The SMILES string of the molecule is CCn1c([C@H]2CCN(Cc3ccc(F)cc3)C2)nc2cccnc21. The first-order valence-electron chi connectivity index (χ1n) is 8.52. The number of aromatic nitrogens is 3. The summed E-state index contributed by atoms with van der Waals surface area (Å²) in [6, 6.07) is 10.8. The van der Waals surface area contributed by atoms with Gasteiger partial charge in [-0.25, -0.2) is 14.4 Å². The molecule has 3 heterocycles. The van der Waals surface area contributed by atoms with Crippen molar-refractivity contribution in [3.63, 3.8) is 0 Å². The molecule has 0 N–H and O–H groups in total. The molecule has 3 aromatic rings. The number of pyridine rings is 1. The van der Waals surface area contributed by atoms with E-state index in [9.17, 15) is 4.39 Å². The van der Waals surface area contributed by atoms with E-state index in [0.717, 1.165) is 55.2 Å². The predicted octanol–water partition coefficient (Wildman–Crippen LogP) is 3.58. The van der Waals surface area contributed by atoms with Crippen LogP contribution in [-0.2, 0) is 13.1 Å². The van der Waals surface area contributed by atoms with Crippen LogP contribution in [0.5, 0.6) is 0 Å². The monoisotopic (exact) mass is 324 g/mol. The molecule has 4 rings (SSSR count). The summed E-state index contributed by atoms with van der Waals surface area (Å²) in [5.41, 5.74) is 3.11. The summed E-state index contributed by atoms with van der Waals surface area (Å²) in [5, 5.41) is 0. The molecule has 4 nitrogen and oxygen atoms in total. The van der Waals surface area contributed by atoms with Gasteiger partial charge in [0.2, 0.25) is 0 Å². The summed E-state index contributed by atoms with van der Waals surface area (Å²) in [5.74, 6) is 1.40. The number of aryl methyl sites for hydroxylation is 1. The fourth-order valence-corrected chi connectivity index (χ4v) is 3.63. The van der Waals surface area contributed by atoms with Crippen LogP contribution in [0.15, 0.2) is 42.6 Å². The van der Waals surface area contributed by atoms with Gasteiger partial charge in [0.15, 0.2) is 5.65 Å². The van der Waals surface area contributed by atoms with Gasteiger partial charge in [-0.15, -0.1) is 0 Å². The van der Waals surface area contributed by atoms with Crippen molar-refractivity contribution in [2.45, 2.75) is 32.4 Å². The van der Waals surface area contributed by atoms with Gasteiger partial charge in [0.1, 0.15) is 17.2 Å². The molecule has 0 amide bonds. The number of fused-ring (bicyclic) bond motifs is 1. The van der Waals surface area contributed by atoms with Crippen LogP contribution in [0.3, 0.4) is 0 Å². The Bertz CT molecular complexity index is 840. The zero-order chi connectivity index (χ0) is 16.5. The summed E-state index contributed by atoms with van der Waals surface area (Å²) in [6.07, 6.45) is 2.93. The Hall–Kier alpha value is -2.27. The molecular weight excluding hydrogens is 303 g/mol. The molecule has 1 aliphatic rings. The zero-order valence-electron chi connectivity index (χ0n) is 13.8. The number of halogens is 1. The number of hydrogen-bond acceptors (Lipinski definition) is 3. The molecule has 0 radical (unpaired) electrons. The highest BCUT2D eigenvalue weighted by Gasteiger charge is 2.28. The number of rotatable bonds is 4. The van der Waals surface area contributed by atoms with Crippen LogP contribution >= 0.6 is 0 Å². The number of hydrogen-bond donors (Lipinski definition) is 0. The molecule has 1 saturated heterocycles. The molecule has 1 fully saturated rings. The smallest absolute Gasteiger partial charge is 0.159 e. The van der Waals surface area contributed by atoms with E-state index in [1.807, 2.05) is 30.5 Å². The molecule has 1 aliphatic heterocycles. The van der Waals surface area contributed by atoms with Gasteiger partial charge in [0.05, 0.1) is 0 Å². The van der Waals surface area contributed by atoms with Gasteiger partial charge < -0.3 is 4.57 Å². The van der Waals surface area contributed by atoms with Crippen LogP contribution < -0.4 is 0 Å². The summed E-state index contributed by atoms with van der Waals surface area (Å²) < 4.78 is 15.3. The lowest BCUT2D eigenvalue weighted by Gasteiger charge is -2.16. The van der Waals surface area contributed by atoms with Crippen LogP contribution in [0.1, 0.15) is 30.7 Å². The highest BCUT2D eigenvalue weighted by molar-refractivity contribution is 5.71. The third-order valence-corrected chi connectivity index (χ3v) is 4.81. The van der Waals surface area contributed by atoms with Crippen molar-refractivity contribution in [3.8, 4) is 0 Å². The largest absolute Gasteiger partial charge is 0.313 e. The molecule has 5 heteroatoms. The Kier molecular flexibility index (Phi) is 4.02. The molecule has 1 aromatic carbocycles. The van der Waals surface area contributed by atoms with Crippen molar-refractivity contribution >= 4 is 11.2 Å². The summed E-state index contributed by atoms with van der Waals surface area (Å²) in [7, 11) is 0. The van der Waals surface area contributed by atoms with E-state index in [1.54, 1.807) is 0 Å². The summed E-state index contributed by atoms with van der Waals surface area (Å²) >= 11 is 0. The van der Waals surface area contributed by atoms with Crippen LogP contribution in [0.2, 0.25) is 0 Å². The zero-order valence-corrected chi connectivity index (χ0v) is 13.8. The Morgan fingerprint density at radius 1 is 1.21 bits per heavy atom. The van der Waals surface area contributed by atoms with Crippen LogP contribution in [0.4, 0.5) is 4.39 Å². The van der Waals surface area contributed by atoms with Crippen molar-refractivity contribution in [3.05, 3.63) is 59.8 Å². The molecule has 1 atom stereocenters. The molecule has 24 heavy (non-hydrogen) atoms. The maximum atomic E-state index is 13.0. The van der Waals surface area contributed by atoms with E-state index >= 15 is 0 Å². The van der Waals surface area contributed by atoms with Gasteiger partial charge in [-0.1, -0.05) is 12.1 Å². The minimum atomic E-state index is -0.179. The first kappa shape index (κ1) is 15.3. The van der Waals surface area contributed by atoms with E-state index < -0.39 is 0 Å². The Labute approximate surface area is 141 Å². The van der Waals surface area contributed by atoms with Gasteiger partial charge in [0, 0.05) is 31.7 Å². The normalized spacial score (nSPS) is 18.5. The number of benzene rings is 1. The number of imidazole rings is 1. The van der Waals surface area contributed by atoms with Gasteiger partial charge in [0.25, 0.3) is 0 Å². The third-order valence-electron chi connectivity index (χ3n) is 4.81. The van der Waals surface area contributed by atoms with Gasteiger partial charge in [-0.05, 0) is 49.7 Å². The number of likely N-dealkylation sites (tertiary alicyclic amines) is 1. The highest BCUT2D eigenvalue weighted by Crippen LogP contribution is 2.29. The lowest BCUT2D eigenvalue weighted by Crippen LogP contribution is -2.20. The molecular formula is C19H21FN4.